The van der Waals surface area contributed by atoms with Crippen molar-refractivity contribution in [3.05, 3.63) is 0 Å². The van der Waals surface area contributed by atoms with E-state index in [9.17, 15) is 4.57 Å². The Morgan fingerprint density at radius 2 is 2.00 bits per heavy atom. The fraction of sp³-hybridized carbons (Fsp3) is 1.00. The molecule has 0 unspecified atom stereocenters. The van der Waals surface area contributed by atoms with Gasteiger partial charge in [0, 0.05) is 26.2 Å². The van der Waals surface area contributed by atoms with Gasteiger partial charge in [0.25, 0.3) is 0 Å². The minimum Gasteiger partial charge on any atom is -0.314 e. The van der Waals surface area contributed by atoms with E-state index < -0.39 is 0 Å². The molecule has 0 aliphatic carbocycles. The summed E-state index contributed by atoms with van der Waals surface area (Å²) in [6.07, 6.45) is 0. The van der Waals surface area contributed by atoms with E-state index >= 15 is 0 Å². The van der Waals surface area contributed by atoms with Crippen molar-refractivity contribution in [3.8, 4) is 0 Å². The Kier molecular flexibility index (Phi) is 2.40. The molecule has 0 bridgehead atoms. The first-order chi connectivity index (χ1) is 3.93. The molecule has 1 rings (SSSR count). The summed E-state index contributed by atoms with van der Waals surface area (Å²) in [5.41, 5.74) is 0. The van der Waals surface area contributed by atoms with Crippen molar-refractivity contribution in [2.24, 2.45) is 0 Å². The summed E-state index contributed by atoms with van der Waals surface area (Å²) in [5.74, 6) is 0. The second-order valence-corrected chi connectivity index (χ2v) is 2.51. The standard InChI is InChI=1S/C4H9N2OP/c7-8-6-3-1-5-2-4-6/h5H,1-4H2. The van der Waals surface area contributed by atoms with Gasteiger partial charge in [0.15, 0.2) is 0 Å². The number of hydrogen-bond acceptors (Lipinski definition) is 2. The summed E-state index contributed by atoms with van der Waals surface area (Å²) >= 11 is 0. The van der Waals surface area contributed by atoms with Crippen LogP contribution in [-0.2, 0) is 4.57 Å². The van der Waals surface area contributed by atoms with Crippen LogP contribution in [0.2, 0.25) is 0 Å². The van der Waals surface area contributed by atoms with E-state index in [1.165, 1.54) is 0 Å². The smallest absolute Gasteiger partial charge is 0.249 e. The van der Waals surface area contributed by atoms with Crippen molar-refractivity contribution < 1.29 is 4.57 Å². The quantitative estimate of drug-likeness (QED) is 0.513. The highest BCUT2D eigenvalue weighted by Crippen LogP contribution is 2.03. The second kappa shape index (κ2) is 3.13. The number of rotatable bonds is 1. The van der Waals surface area contributed by atoms with Crippen LogP contribution in [0.25, 0.3) is 0 Å². The minimum atomic E-state index is 0.170. The second-order valence-electron chi connectivity index (χ2n) is 1.79. The molecule has 1 aliphatic rings. The van der Waals surface area contributed by atoms with Gasteiger partial charge >= 0.3 is 0 Å². The highest BCUT2D eigenvalue weighted by atomic mass is 31.1. The van der Waals surface area contributed by atoms with Gasteiger partial charge in [-0.3, -0.25) is 4.57 Å². The molecule has 1 fully saturated rings. The number of nitrogens with one attached hydrogen (secondary N) is 1. The average molecular weight is 132 g/mol. The first-order valence-electron chi connectivity index (χ1n) is 2.72. The zero-order chi connectivity index (χ0) is 5.82. The van der Waals surface area contributed by atoms with Gasteiger partial charge in [0.2, 0.25) is 8.61 Å². The molecule has 1 heterocycles. The molecular formula is C4H9N2OP. The van der Waals surface area contributed by atoms with E-state index in [1.807, 2.05) is 4.67 Å². The van der Waals surface area contributed by atoms with Gasteiger partial charge in [0.1, 0.15) is 0 Å². The molecule has 1 aliphatic heterocycles. The van der Waals surface area contributed by atoms with Crippen LogP contribution in [-0.4, -0.2) is 30.8 Å². The third-order valence-corrected chi connectivity index (χ3v) is 1.84. The maximum atomic E-state index is 10.2. The summed E-state index contributed by atoms with van der Waals surface area (Å²) in [5, 5.41) is 3.16. The molecule has 0 atom stereocenters. The number of hydrogen-bond donors (Lipinski definition) is 1. The van der Waals surface area contributed by atoms with Gasteiger partial charge < -0.3 is 5.32 Å². The molecule has 0 aromatic heterocycles. The van der Waals surface area contributed by atoms with Gasteiger partial charge in [-0.1, -0.05) is 0 Å². The topological polar surface area (TPSA) is 32.3 Å². The molecule has 46 valence electrons. The van der Waals surface area contributed by atoms with Gasteiger partial charge in [-0.15, -0.1) is 0 Å². The molecule has 1 saturated heterocycles. The lowest BCUT2D eigenvalue weighted by molar-refractivity contribution is 0.377. The molecule has 0 spiro atoms. The first kappa shape index (κ1) is 6.14. The fourth-order valence-corrected chi connectivity index (χ4v) is 1.10. The molecule has 4 heteroatoms. The number of nitrogens with zero attached hydrogens (tertiary/aromatic N) is 1. The van der Waals surface area contributed by atoms with Crippen molar-refractivity contribution in [1.29, 1.82) is 0 Å². The monoisotopic (exact) mass is 132 g/mol. The molecule has 0 amide bonds. The van der Waals surface area contributed by atoms with E-state index in [2.05, 4.69) is 5.32 Å². The van der Waals surface area contributed by atoms with Crippen LogP contribution in [0.5, 0.6) is 0 Å². The highest BCUT2D eigenvalue weighted by molar-refractivity contribution is 7.20. The fourth-order valence-electron chi connectivity index (χ4n) is 0.735. The highest BCUT2D eigenvalue weighted by Gasteiger charge is 2.06. The third kappa shape index (κ3) is 1.51. The van der Waals surface area contributed by atoms with Gasteiger partial charge in [0.05, 0.1) is 0 Å². The molecule has 0 saturated carbocycles. The minimum absolute atomic E-state index is 0.170. The summed E-state index contributed by atoms with van der Waals surface area (Å²) in [7, 11) is 0.170. The number of piperazine rings is 1. The normalized spacial score (nSPS) is 24.0. The Labute approximate surface area is 50.3 Å². The third-order valence-electron chi connectivity index (χ3n) is 1.21. The summed E-state index contributed by atoms with van der Waals surface area (Å²) in [4.78, 5) is 0. The molecule has 0 radical (unpaired) electrons. The van der Waals surface area contributed by atoms with Crippen molar-refractivity contribution in [3.63, 3.8) is 0 Å². The van der Waals surface area contributed by atoms with Crippen LogP contribution in [0, 0.1) is 0 Å². The predicted molar refractivity (Wildman–Crippen MR) is 32.0 cm³/mol. The molecule has 0 aromatic carbocycles. The van der Waals surface area contributed by atoms with Crippen molar-refractivity contribution in [2.75, 3.05) is 26.2 Å². The van der Waals surface area contributed by atoms with Crippen molar-refractivity contribution in [2.45, 2.75) is 0 Å². The molecule has 3 nitrogen and oxygen atoms in total. The molecule has 1 N–H and O–H groups in total. The Morgan fingerprint density at radius 3 is 2.38 bits per heavy atom. The molecule has 8 heavy (non-hydrogen) atoms. The predicted octanol–water partition coefficient (Wildman–Crippen LogP) is 0.0983. The molecule has 0 aromatic rings. The largest absolute Gasteiger partial charge is 0.314 e. The maximum Gasteiger partial charge on any atom is 0.249 e. The van der Waals surface area contributed by atoms with Crippen LogP contribution in [0.15, 0.2) is 0 Å². The first-order valence-corrected chi connectivity index (χ1v) is 3.49. The van der Waals surface area contributed by atoms with Crippen molar-refractivity contribution >= 4 is 8.61 Å². The van der Waals surface area contributed by atoms with Crippen LogP contribution in [0.3, 0.4) is 0 Å². The van der Waals surface area contributed by atoms with E-state index in [-0.39, 0.29) is 8.61 Å². The Bertz CT molecular complexity index is 82.1. The van der Waals surface area contributed by atoms with Crippen LogP contribution >= 0.6 is 8.61 Å². The van der Waals surface area contributed by atoms with Gasteiger partial charge in [-0.05, 0) is 0 Å². The average Bonchev–Trinajstić information content (AvgIpc) is 1.90. The van der Waals surface area contributed by atoms with Crippen molar-refractivity contribution in [1.82, 2.24) is 9.99 Å². The van der Waals surface area contributed by atoms with Crippen LogP contribution in [0.1, 0.15) is 0 Å². The summed E-state index contributed by atoms with van der Waals surface area (Å²) in [6.45, 7) is 3.75. The summed E-state index contributed by atoms with van der Waals surface area (Å²) < 4.78 is 12.0. The van der Waals surface area contributed by atoms with E-state index in [4.69, 9.17) is 0 Å². The van der Waals surface area contributed by atoms with E-state index in [1.54, 1.807) is 0 Å². The summed E-state index contributed by atoms with van der Waals surface area (Å²) in [6, 6.07) is 0. The van der Waals surface area contributed by atoms with Gasteiger partial charge in [-0.2, -0.15) is 0 Å². The zero-order valence-electron chi connectivity index (χ0n) is 4.63. The Hall–Kier alpha value is 0.0200. The maximum absolute atomic E-state index is 10.2. The zero-order valence-corrected chi connectivity index (χ0v) is 5.53. The van der Waals surface area contributed by atoms with E-state index in [0.717, 1.165) is 26.2 Å². The van der Waals surface area contributed by atoms with Crippen LogP contribution < -0.4 is 5.32 Å². The Morgan fingerprint density at radius 1 is 1.38 bits per heavy atom. The lowest BCUT2D eigenvalue weighted by Crippen LogP contribution is -2.38. The SMILES string of the molecule is O=PN1CCNCC1. The Balaban J connectivity index is 2.22. The molecular weight excluding hydrogens is 123 g/mol. The van der Waals surface area contributed by atoms with Crippen LogP contribution in [0.4, 0.5) is 0 Å². The van der Waals surface area contributed by atoms with E-state index in [0.29, 0.717) is 0 Å². The lowest BCUT2D eigenvalue weighted by Gasteiger charge is -2.19. The van der Waals surface area contributed by atoms with Gasteiger partial charge in [-0.25, -0.2) is 4.67 Å². The lowest BCUT2D eigenvalue weighted by atomic mass is 10.4.